The van der Waals surface area contributed by atoms with Gasteiger partial charge in [0.15, 0.2) is 0 Å². The third-order valence-corrected chi connectivity index (χ3v) is 5.35. The first-order chi connectivity index (χ1) is 13.0. The lowest BCUT2D eigenvalue weighted by Crippen LogP contribution is -2.14. The normalized spacial score (nSPS) is 12.1. The maximum absolute atomic E-state index is 6.12. The summed E-state index contributed by atoms with van der Waals surface area (Å²) in [6.07, 6.45) is 2.00. The van der Waals surface area contributed by atoms with E-state index < -0.39 is 0 Å². The molecule has 27 heavy (non-hydrogen) atoms. The topological polar surface area (TPSA) is 21.6 Å². The maximum atomic E-state index is 6.12. The summed E-state index contributed by atoms with van der Waals surface area (Å²) in [6, 6.07) is 27.0. The van der Waals surface area contributed by atoms with Crippen molar-refractivity contribution in [2.45, 2.75) is 32.9 Å². The molecular formula is C24H26NOP. The number of para-hydroxylation sites is 1. The van der Waals surface area contributed by atoms with E-state index in [1.54, 1.807) is 0 Å². The van der Waals surface area contributed by atoms with E-state index in [1.165, 1.54) is 21.7 Å². The Bertz CT molecular complexity index is 898. The molecule has 3 heteroatoms. The highest BCUT2D eigenvalue weighted by molar-refractivity contribution is 7.56. The van der Waals surface area contributed by atoms with E-state index >= 15 is 0 Å². The Balaban J connectivity index is 1.80. The second-order valence-corrected chi connectivity index (χ2v) is 8.74. The van der Waals surface area contributed by atoms with Crippen LogP contribution in [0, 0.1) is 0 Å². The van der Waals surface area contributed by atoms with Crippen LogP contribution in [0.5, 0.6) is 5.75 Å². The van der Waals surface area contributed by atoms with Gasteiger partial charge in [-0.25, -0.2) is 0 Å². The van der Waals surface area contributed by atoms with Gasteiger partial charge in [0.2, 0.25) is 0 Å². The Labute approximate surface area is 164 Å². The Morgan fingerprint density at radius 2 is 1.44 bits per heavy atom. The van der Waals surface area contributed by atoms with Gasteiger partial charge in [0.25, 0.3) is 0 Å². The fourth-order valence-electron chi connectivity index (χ4n) is 2.56. The molecule has 0 aliphatic carbocycles. The SMILES string of the molecule is CC(C)(C)/N=C/c1ccccc1Pc1ccccc1OCc1ccccc1. The van der Waals surface area contributed by atoms with E-state index in [-0.39, 0.29) is 5.54 Å². The molecule has 0 heterocycles. The van der Waals surface area contributed by atoms with Crippen LogP contribution in [0.15, 0.2) is 83.9 Å². The Hall–Kier alpha value is -2.44. The molecule has 0 amide bonds. The molecule has 0 saturated carbocycles. The highest BCUT2D eigenvalue weighted by atomic mass is 31.1. The van der Waals surface area contributed by atoms with Gasteiger partial charge in [0.05, 0.1) is 5.54 Å². The van der Waals surface area contributed by atoms with Crippen LogP contribution in [0.3, 0.4) is 0 Å². The van der Waals surface area contributed by atoms with Gasteiger partial charge in [-0.15, -0.1) is 0 Å². The van der Waals surface area contributed by atoms with Crippen LogP contribution < -0.4 is 15.3 Å². The van der Waals surface area contributed by atoms with Crippen molar-refractivity contribution in [2.24, 2.45) is 4.99 Å². The van der Waals surface area contributed by atoms with Crippen LogP contribution in [0.25, 0.3) is 0 Å². The molecule has 3 rings (SSSR count). The largest absolute Gasteiger partial charge is 0.488 e. The van der Waals surface area contributed by atoms with Crippen LogP contribution in [-0.2, 0) is 6.61 Å². The van der Waals surface area contributed by atoms with Crippen molar-refractivity contribution in [3.63, 3.8) is 0 Å². The van der Waals surface area contributed by atoms with Crippen LogP contribution in [-0.4, -0.2) is 11.8 Å². The van der Waals surface area contributed by atoms with Gasteiger partial charge < -0.3 is 4.74 Å². The van der Waals surface area contributed by atoms with E-state index in [0.717, 1.165) is 5.75 Å². The highest BCUT2D eigenvalue weighted by Gasteiger charge is 2.09. The standard InChI is InChI=1S/C24H26NOP/c1-24(2,3)25-17-20-13-7-9-15-22(20)27-23-16-10-8-14-21(23)26-18-19-11-5-4-6-12-19/h4-17,27H,18H2,1-3H3/b25-17+. The molecule has 0 N–H and O–H groups in total. The van der Waals surface area contributed by atoms with Gasteiger partial charge in [-0.3, -0.25) is 4.99 Å². The predicted octanol–water partition coefficient (Wildman–Crippen LogP) is 5.11. The summed E-state index contributed by atoms with van der Waals surface area (Å²) in [5.74, 6) is 0.947. The highest BCUT2D eigenvalue weighted by Crippen LogP contribution is 2.21. The molecule has 1 atom stereocenters. The minimum absolute atomic E-state index is 0.0765. The van der Waals surface area contributed by atoms with Gasteiger partial charge in [0, 0.05) is 17.1 Å². The molecule has 3 aromatic rings. The van der Waals surface area contributed by atoms with Gasteiger partial charge in [-0.2, -0.15) is 0 Å². The van der Waals surface area contributed by atoms with Crippen molar-refractivity contribution >= 4 is 25.4 Å². The van der Waals surface area contributed by atoms with Crippen LogP contribution >= 0.6 is 8.58 Å². The summed E-state index contributed by atoms with van der Waals surface area (Å²) >= 11 is 0. The molecule has 0 fully saturated rings. The number of hydrogen-bond donors (Lipinski definition) is 0. The molecule has 0 radical (unpaired) electrons. The summed E-state index contributed by atoms with van der Waals surface area (Å²) in [5, 5.41) is 2.49. The lowest BCUT2D eigenvalue weighted by molar-refractivity contribution is 0.309. The summed E-state index contributed by atoms with van der Waals surface area (Å²) in [4.78, 5) is 4.68. The van der Waals surface area contributed by atoms with Crippen molar-refractivity contribution < 1.29 is 4.74 Å². The molecule has 0 aliphatic rings. The van der Waals surface area contributed by atoms with Crippen LogP contribution in [0.2, 0.25) is 0 Å². The van der Waals surface area contributed by atoms with E-state index in [0.29, 0.717) is 15.2 Å². The average molecular weight is 375 g/mol. The molecule has 0 aliphatic heterocycles. The zero-order valence-corrected chi connectivity index (χ0v) is 17.1. The van der Waals surface area contributed by atoms with Crippen molar-refractivity contribution in [2.75, 3.05) is 0 Å². The molecule has 0 saturated heterocycles. The average Bonchev–Trinajstić information content (AvgIpc) is 2.67. The van der Waals surface area contributed by atoms with Gasteiger partial charge in [-0.05, 0) is 37.7 Å². The Morgan fingerprint density at radius 1 is 0.815 bits per heavy atom. The number of ether oxygens (including phenoxy) is 1. The molecule has 2 nitrogen and oxygen atoms in total. The fraction of sp³-hybridized carbons (Fsp3) is 0.208. The first kappa shape index (κ1) is 19.3. The first-order valence-electron chi connectivity index (χ1n) is 9.18. The number of benzene rings is 3. The lowest BCUT2D eigenvalue weighted by Gasteiger charge is -2.14. The van der Waals surface area contributed by atoms with Crippen LogP contribution in [0.4, 0.5) is 0 Å². The molecule has 1 unspecified atom stereocenters. The summed E-state index contributed by atoms with van der Waals surface area (Å²) < 4.78 is 6.12. The zero-order valence-electron chi connectivity index (χ0n) is 16.1. The number of rotatable bonds is 6. The van der Waals surface area contributed by atoms with Crippen molar-refractivity contribution in [3.8, 4) is 5.75 Å². The lowest BCUT2D eigenvalue weighted by atomic mass is 10.1. The zero-order chi connectivity index (χ0) is 19.1. The summed E-state index contributed by atoms with van der Waals surface area (Å²) in [7, 11) is 0.519. The monoisotopic (exact) mass is 375 g/mol. The quantitative estimate of drug-likeness (QED) is 0.433. The van der Waals surface area contributed by atoms with E-state index in [9.17, 15) is 0 Å². The Morgan fingerprint density at radius 3 is 2.19 bits per heavy atom. The fourth-order valence-corrected chi connectivity index (χ4v) is 3.78. The maximum Gasteiger partial charge on any atom is 0.127 e. The van der Waals surface area contributed by atoms with Gasteiger partial charge >= 0.3 is 0 Å². The minimum atomic E-state index is -0.0765. The van der Waals surface area contributed by atoms with E-state index in [4.69, 9.17) is 4.74 Å². The predicted molar refractivity (Wildman–Crippen MR) is 119 cm³/mol. The second-order valence-electron chi connectivity index (χ2n) is 7.41. The van der Waals surface area contributed by atoms with Crippen molar-refractivity contribution in [1.29, 1.82) is 0 Å². The number of nitrogens with zero attached hydrogens (tertiary/aromatic N) is 1. The van der Waals surface area contributed by atoms with Crippen LogP contribution in [0.1, 0.15) is 31.9 Å². The number of hydrogen-bond acceptors (Lipinski definition) is 2. The third-order valence-electron chi connectivity index (χ3n) is 3.95. The third kappa shape index (κ3) is 6.05. The van der Waals surface area contributed by atoms with Crippen molar-refractivity contribution in [1.82, 2.24) is 0 Å². The molecular weight excluding hydrogens is 349 g/mol. The molecule has 0 spiro atoms. The Kier molecular flexibility index (Phi) is 6.42. The van der Waals surface area contributed by atoms with E-state index in [2.05, 4.69) is 80.4 Å². The van der Waals surface area contributed by atoms with Crippen molar-refractivity contribution in [3.05, 3.63) is 90.0 Å². The van der Waals surface area contributed by atoms with Gasteiger partial charge in [0.1, 0.15) is 12.4 Å². The van der Waals surface area contributed by atoms with Gasteiger partial charge in [-0.1, -0.05) is 81.4 Å². The molecule has 0 aromatic heterocycles. The molecule has 3 aromatic carbocycles. The second kappa shape index (κ2) is 8.97. The smallest absolute Gasteiger partial charge is 0.127 e. The van der Waals surface area contributed by atoms with E-state index in [1.807, 2.05) is 30.5 Å². The summed E-state index contributed by atoms with van der Waals surface area (Å²) in [5.41, 5.74) is 2.27. The minimum Gasteiger partial charge on any atom is -0.488 e. The molecule has 138 valence electrons. The summed E-state index contributed by atoms with van der Waals surface area (Å²) in [6.45, 7) is 6.92. The molecule has 0 bridgehead atoms. The number of aliphatic imine (C=N–C) groups is 1. The first-order valence-corrected chi connectivity index (χ1v) is 10.2.